The Kier molecular flexibility index (Phi) is 6.69. The summed E-state index contributed by atoms with van der Waals surface area (Å²) in [5, 5.41) is 10.2. The lowest BCUT2D eigenvalue weighted by atomic mass is 9.96. The smallest absolute Gasteiger partial charge is 0.392 e. The Balaban J connectivity index is 1.34. The fourth-order valence-corrected chi connectivity index (χ4v) is 5.20. The van der Waals surface area contributed by atoms with Gasteiger partial charge < -0.3 is 5.11 Å². The van der Waals surface area contributed by atoms with Gasteiger partial charge in [0.05, 0.1) is 29.1 Å². The standard InChI is InChI=1S/C33H20F6N2O2/c1-17-28(25-12-6-20(14-22(25)16-42)18-2-8-23(9-3-18)32(34,35)36)41-30-29(40-17)26-13-7-21(15-27(26)31(30)43)19-4-10-24(11-5-19)33(37,38)39/h2-15,42H,16H2,1H3. The van der Waals surface area contributed by atoms with Gasteiger partial charge in [0.2, 0.25) is 5.78 Å². The van der Waals surface area contributed by atoms with Crippen molar-refractivity contribution in [3.8, 4) is 44.8 Å². The van der Waals surface area contributed by atoms with Crippen molar-refractivity contribution in [3.05, 3.63) is 119 Å². The highest BCUT2D eigenvalue weighted by Crippen LogP contribution is 2.40. The van der Waals surface area contributed by atoms with E-state index in [0.717, 1.165) is 24.3 Å². The van der Waals surface area contributed by atoms with Gasteiger partial charge in [-0.2, -0.15) is 26.3 Å². The summed E-state index contributed by atoms with van der Waals surface area (Å²) in [6, 6.07) is 19.4. The highest BCUT2D eigenvalue weighted by atomic mass is 19.4. The number of hydrogen-bond acceptors (Lipinski definition) is 4. The molecule has 10 heteroatoms. The molecule has 1 aliphatic rings. The van der Waals surface area contributed by atoms with Gasteiger partial charge in [-0.1, -0.05) is 48.5 Å². The van der Waals surface area contributed by atoms with Crippen molar-refractivity contribution in [1.29, 1.82) is 0 Å². The third kappa shape index (κ3) is 5.08. The van der Waals surface area contributed by atoms with E-state index >= 15 is 0 Å². The number of aliphatic hydroxyl groups is 1. The molecule has 1 aliphatic carbocycles. The topological polar surface area (TPSA) is 63.1 Å². The molecule has 0 saturated heterocycles. The molecular weight excluding hydrogens is 570 g/mol. The number of halogens is 6. The summed E-state index contributed by atoms with van der Waals surface area (Å²) in [7, 11) is 0. The maximum absolute atomic E-state index is 13.5. The summed E-state index contributed by atoms with van der Waals surface area (Å²) in [6.45, 7) is 1.32. The molecule has 0 aliphatic heterocycles. The molecule has 43 heavy (non-hydrogen) atoms. The third-order valence-electron chi connectivity index (χ3n) is 7.43. The molecule has 0 fully saturated rings. The number of hydrogen-bond donors (Lipinski definition) is 1. The zero-order valence-corrected chi connectivity index (χ0v) is 22.3. The molecule has 0 saturated carbocycles. The average Bonchev–Trinajstić information content (AvgIpc) is 3.25. The van der Waals surface area contributed by atoms with Crippen molar-refractivity contribution in [2.24, 2.45) is 0 Å². The van der Waals surface area contributed by atoms with Crippen LogP contribution < -0.4 is 0 Å². The Labute approximate surface area is 241 Å². The molecule has 1 aromatic heterocycles. The zero-order chi connectivity index (χ0) is 30.7. The van der Waals surface area contributed by atoms with E-state index in [4.69, 9.17) is 0 Å². The first-order chi connectivity index (χ1) is 20.3. The van der Waals surface area contributed by atoms with Crippen molar-refractivity contribution >= 4 is 5.78 Å². The van der Waals surface area contributed by atoms with E-state index < -0.39 is 30.1 Å². The van der Waals surface area contributed by atoms with Crippen LogP contribution in [0.2, 0.25) is 0 Å². The number of alkyl halides is 6. The molecule has 0 unspecified atom stereocenters. The highest BCUT2D eigenvalue weighted by Gasteiger charge is 2.33. The summed E-state index contributed by atoms with van der Waals surface area (Å²) < 4.78 is 77.9. The van der Waals surface area contributed by atoms with Gasteiger partial charge in [0.25, 0.3) is 0 Å². The molecule has 0 radical (unpaired) electrons. The first-order valence-electron chi connectivity index (χ1n) is 13.0. The summed E-state index contributed by atoms with van der Waals surface area (Å²) in [4.78, 5) is 22.8. The molecule has 0 bridgehead atoms. The minimum atomic E-state index is -4.46. The van der Waals surface area contributed by atoms with Gasteiger partial charge in [-0.25, -0.2) is 9.97 Å². The van der Waals surface area contributed by atoms with Crippen molar-refractivity contribution < 1.29 is 36.2 Å². The Morgan fingerprint density at radius 3 is 1.58 bits per heavy atom. The van der Waals surface area contributed by atoms with E-state index in [9.17, 15) is 36.2 Å². The maximum Gasteiger partial charge on any atom is 0.416 e. The van der Waals surface area contributed by atoms with Crippen molar-refractivity contribution in [1.82, 2.24) is 9.97 Å². The van der Waals surface area contributed by atoms with Crippen molar-refractivity contribution in [2.75, 3.05) is 0 Å². The van der Waals surface area contributed by atoms with Crippen LogP contribution in [0.1, 0.15) is 38.4 Å². The molecule has 0 spiro atoms. The van der Waals surface area contributed by atoms with Gasteiger partial charge in [0, 0.05) is 16.7 Å². The Morgan fingerprint density at radius 1 is 0.581 bits per heavy atom. The Bertz CT molecular complexity index is 1890. The van der Waals surface area contributed by atoms with Crippen LogP contribution in [0.3, 0.4) is 0 Å². The monoisotopic (exact) mass is 590 g/mol. The summed E-state index contributed by atoms with van der Waals surface area (Å²) in [5.74, 6) is -0.389. The van der Waals surface area contributed by atoms with E-state index in [0.29, 0.717) is 61.6 Å². The van der Waals surface area contributed by atoms with Crippen LogP contribution in [0.25, 0.3) is 44.8 Å². The summed E-state index contributed by atoms with van der Waals surface area (Å²) in [5.41, 5.74) is 3.84. The fraction of sp³-hybridized carbons (Fsp3) is 0.121. The highest BCUT2D eigenvalue weighted by molar-refractivity contribution is 6.20. The quantitative estimate of drug-likeness (QED) is 0.209. The number of fused-ring (bicyclic) bond motifs is 3. The van der Waals surface area contributed by atoms with Crippen LogP contribution in [-0.4, -0.2) is 20.9 Å². The third-order valence-corrected chi connectivity index (χ3v) is 7.43. The van der Waals surface area contributed by atoms with Gasteiger partial charge >= 0.3 is 12.4 Å². The normalized spacial score (nSPS) is 12.8. The first kappa shape index (κ1) is 28.3. The van der Waals surface area contributed by atoms with Crippen LogP contribution in [0.5, 0.6) is 0 Å². The number of benzene rings is 4. The molecule has 4 nitrogen and oxygen atoms in total. The predicted molar refractivity (Wildman–Crippen MR) is 148 cm³/mol. The molecule has 4 aromatic carbocycles. The van der Waals surface area contributed by atoms with E-state index in [1.165, 1.54) is 24.3 Å². The fourth-order valence-electron chi connectivity index (χ4n) is 5.20. The largest absolute Gasteiger partial charge is 0.416 e. The lowest BCUT2D eigenvalue weighted by Gasteiger charge is -2.13. The van der Waals surface area contributed by atoms with Gasteiger partial charge in [-0.3, -0.25) is 4.79 Å². The SMILES string of the molecule is Cc1nc2c(nc1-c1ccc(-c3ccc(C(F)(F)F)cc3)cc1CO)C(=O)c1cc(-c3ccc(C(F)(F)F)cc3)ccc1-2. The van der Waals surface area contributed by atoms with E-state index in [1.807, 2.05) is 0 Å². The van der Waals surface area contributed by atoms with Crippen LogP contribution in [0.15, 0.2) is 84.9 Å². The predicted octanol–water partition coefficient (Wildman–Crippen LogP) is 8.53. The number of carbonyl (C=O) groups excluding carboxylic acids is 1. The van der Waals surface area contributed by atoms with Crippen LogP contribution in [0.4, 0.5) is 26.3 Å². The van der Waals surface area contributed by atoms with Gasteiger partial charge in [-0.15, -0.1) is 0 Å². The second-order valence-electron chi connectivity index (χ2n) is 10.1. The lowest BCUT2D eigenvalue weighted by molar-refractivity contribution is -0.138. The number of nitrogens with zero attached hydrogens (tertiary/aromatic N) is 2. The zero-order valence-electron chi connectivity index (χ0n) is 22.3. The number of aryl methyl sites for hydroxylation is 1. The molecule has 0 atom stereocenters. The Morgan fingerprint density at radius 2 is 1.07 bits per heavy atom. The Hall–Kier alpha value is -4.83. The van der Waals surface area contributed by atoms with Crippen molar-refractivity contribution in [2.45, 2.75) is 25.9 Å². The minimum absolute atomic E-state index is 0.107. The van der Waals surface area contributed by atoms with E-state index in [2.05, 4.69) is 9.97 Å². The van der Waals surface area contributed by atoms with E-state index in [1.54, 1.807) is 43.3 Å². The number of rotatable bonds is 4. The first-order valence-corrected chi connectivity index (χ1v) is 13.0. The van der Waals surface area contributed by atoms with Crippen molar-refractivity contribution in [3.63, 3.8) is 0 Å². The second-order valence-corrected chi connectivity index (χ2v) is 10.1. The minimum Gasteiger partial charge on any atom is -0.392 e. The summed E-state index contributed by atoms with van der Waals surface area (Å²) >= 11 is 0. The summed E-state index contributed by atoms with van der Waals surface area (Å²) in [6.07, 6.45) is -8.91. The van der Waals surface area contributed by atoms with Crippen LogP contribution in [0, 0.1) is 6.92 Å². The lowest BCUT2D eigenvalue weighted by Crippen LogP contribution is -2.05. The average molecular weight is 591 g/mol. The van der Waals surface area contributed by atoms with E-state index in [-0.39, 0.29) is 11.5 Å². The number of aromatic nitrogens is 2. The number of carbonyl (C=O) groups is 1. The molecule has 5 aromatic rings. The molecule has 1 heterocycles. The maximum atomic E-state index is 13.5. The van der Waals surface area contributed by atoms with Crippen LogP contribution >= 0.6 is 0 Å². The molecule has 216 valence electrons. The van der Waals surface area contributed by atoms with Crippen LogP contribution in [-0.2, 0) is 19.0 Å². The number of aliphatic hydroxyl groups excluding tert-OH is 1. The second kappa shape index (κ2) is 10.2. The molecule has 1 N–H and O–H groups in total. The van der Waals surface area contributed by atoms with Gasteiger partial charge in [0.15, 0.2) is 0 Å². The van der Waals surface area contributed by atoms with Gasteiger partial charge in [-0.05, 0) is 71.1 Å². The molecule has 0 amide bonds. The molecular formula is C33H20F6N2O2. The van der Waals surface area contributed by atoms with Gasteiger partial charge in [0.1, 0.15) is 11.4 Å². The molecule has 6 rings (SSSR count). The number of ketones is 1.